The first-order valence-electron chi connectivity index (χ1n) is 6.93. The molecule has 1 N–H and O–H groups in total. The highest BCUT2D eigenvalue weighted by atomic mass is 19.1. The maximum absolute atomic E-state index is 13.1. The average Bonchev–Trinajstić information content (AvgIpc) is 2.97. The van der Waals surface area contributed by atoms with Crippen LogP contribution in [0.1, 0.15) is 17.5 Å². The molecule has 0 amide bonds. The van der Waals surface area contributed by atoms with Gasteiger partial charge in [0.15, 0.2) is 0 Å². The van der Waals surface area contributed by atoms with Crippen LogP contribution < -0.4 is 5.32 Å². The molecule has 1 fully saturated rings. The highest BCUT2D eigenvalue weighted by molar-refractivity contribution is 5.25. The molecule has 2 aromatic rings. The number of halogens is 1. The van der Waals surface area contributed by atoms with E-state index >= 15 is 0 Å². The monoisotopic (exact) mass is 271 g/mol. The van der Waals surface area contributed by atoms with Gasteiger partial charge in [0, 0.05) is 6.54 Å². The van der Waals surface area contributed by atoms with E-state index < -0.39 is 0 Å². The van der Waals surface area contributed by atoms with Crippen molar-refractivity contribution in [2.24, 2.45) is 0 Å². The average molecular weight is 271 g/mol. The van der Waals surface area contributed by atoms with Crippen LogP contribution in [0.3, 0.4) is 0 Å². The van der Waals surface area contributed by atoms with E-state index in [0.29, 0.717) is 6.61 Å². The first-order valence-corrected chi connectivity index (χ1v) is 6.93. The van der Waals surface area contributed by atoms with Gasteiger partial charge < -0.3 is 10.1 Å². The molecule has 1 atom stereocenters. The van der Waals surface area contributed by atoms with Crippen molar-refractivity contribution in [3.8, 4) is 0 Å². The standard InChI is InChI=1S/C17H18FNO/c18-16-8-6-15(7-9-16)17(10-11-19-13-17)20-12-14-4-2-1-3-5-14/h1-9,19H,10-13H2. The highest BCUT2D eigenvalue weighted by Gasteiger charge is 2.36. The molecular formula is C17H18FNO. The topological polar surface area (TPSA) is 21.3 Å². The van der Waals surface area contributed by atoms with Gasteiger partial charge in [0.25, 0.3) is 0 Å². The zero-order valence-electron chi connectivity index (χ0n) is 11.3. The van der Waals surface area contributed by atoms with Gasteiger partial charge >= 0.3 is 0 Å². The largest absolute Gasteiger partial charge is 0.364 e. The molecular weight excluding hydrogens is 253 g/mol. The van der Waals surface area contributed by atoms with Crippen molar-refractivity contribution < 1.29 is 9.13 Å². The lowest BCUT2D eigenvalue weighted by Gasteiger charge is -2.29. The molecule has 0 bridgehead atoms. The van der Waals surface area contributed by atoms with Crippen LogP contribution in [0.5, 0.6) is 0 Å². The van der Waals surface area contributed by atoms with Crippen LogP contribution in [-0.4, -0.2) is 13.1 Å². The minimum absolute atomic E-state index is 0.210. The van der Waals surface area contributed by atoms with E-state index in [1.165, 1.54) is 12.1 Å². The summed E-state index contributed by atoms with van der Waals surface area (Å²) in [5, 5.41) is 3.34. The van der Waals surface area contributed by atoms with Crippen LogP contribution >= 0.6 is 0 Å². The van der Waals surface area contributed by atoms with Crippen LogP contribution in [0.2, 0.25) is 0 Å². The van der Waals surface area contributed by atoms with Crippen LogP contribution in [-0.2, 0) is 16.9 Å². The van der Waals surface area contributed by atoms with Crippen molar-refractivity contribution >= 4 is 0 Å². The molecule has 1 unspecified atom stereocenters. The quantitative estimate of drug-likeness (QED) is 0.922. The fraction of sp³-hybridized carbons (Fsp3) is 0.294. The molecule has 1 aliphatic heterocycles. The Labute approximate surface area is 118 Å². The van der Waals surface area contributed by atoms with Crippen molar-refractivity contribution in [2.45, 2.75) is 18.6 Å². The lowest BCUT2D eigenvalue weighted by atomic mass is 9.92. The minimum Gasteiger partial charge on any atom is -0.364 e. The molecule has 1 heterocycles. The second kappa shape index (κ2) is 5.73. The molecule has 0 aliphatic carbocycles. The third-order valence-corrected chi connectivity index (χ3v) is 3.84. The van der Waals surface area contributed by atoms with Crippen LogP contribution in [0.15, 0.2) is 54.6 Å². The number of ether oxygens (including phenoxy) is 1. The SMILES string of the molecule is Fc1ccc(C2(OCc3ccccc3)CCNC2)cc1. The molecule has 3 rings (SSSR count). The summed E-state index contributed by atoms with van der Waals surface area (Å²) >= 11 is 0. The second-order valence-corrected chi connectivity index (χ2v) is 5.20. The summed E-state index contributed by atoms with van der Waals surface area (Å²) in [6.45, 7) is 2.26. The van der Waals surface area contributed by atoms with Gasteiger partial charge in [-0.15, -0.1) is 0 Å². The van der Waals surface area contributed by atoms with Crippen LogP contribution in [0.25, 0.3) is 0 Å². The number of hydrogen-bond acceptors (Lipinski definition) is 2. The normalized spacial score (nSPS) is 22.1. The summed E-state index contributed by atoms with van der Waals surface area (Å²) in [6, 6.07) is 16.8. The number of rotatable bonds is 4. The van der Waals surface area contributed by atoms with Crippen molar-refractivity contribution in [1.82, 2.24) is 5.32 Å². The zero-order valence-corrected chi connectivity index (χ0v) is 11.3. The van der Waals surface area contributed by atoms with Gasteiger partial charge in [-0.3, -0.25) is 0 Å². The molecule has 0 aromatic heterocycles. The Morgan fingerprint density at radius 1 is 1.05 bits per heavy atom. The van der Waals surface area contributed by atoms with Gasteiger partial charge in [-0.1, -0.05) is 42.5 Å². The van der Waals surface area contributed by atoms with Gasteiger partial charge in [-0.2, -0.15) is 0 Å². The van der Waals surface area contributed by atoms with Gasteiger partial charge in [0.2, 0.25) is 0 Å². The van der Waals surface area contributed by atoms with E-state index in [-0.39, 0.29) is 11.4 Å². The Kier molecular flexibility index (Phi) is 3.81. The Balaban J connectivity index is 1.79. The van der Waals surface area contributed by atoms with Gasteiger partial charge in [-0.05, 0) is 36.2 Å². The Hall–Kier alpha value is -1.71. The van der Waals surface area contributed by atoms with E-state index in [2.05, 4.69) is 17.4 Å². The van der Waals surface area contributed by atoms with E-state index in [1.54, 1.807) is 0 Å². The van der Waals surface area contributed by atoms with E-state index in [9.17, 15) is 4.39 Å². The fourth-order valence-corrected chi connectivity index (χ4v) is 2.67. The summed E-state index contributed by atoms with van der Waals surface area (Å²) in [6.07, 6.45) is 0.908. The Bertz CT molecular complexity index is 547. The smallest absolute Gasteiger partial charge is 0.123 e. The maximum atomic E-state index is 13.1. The Morgan fingerprint density at radius 3 is 2.45 bits per heavy atom. The minimum atomic E-state index is -0.344. The van der Waals surface area contributed by atoms with Crippen LogP contribution in [0.4, 0.5) is 4.39 Å². The zero-order chi connectivity index (χ0) is 13.8. The molecule has 0 radical (unpaired) electrons. The van der Waals surface area contributed by atoms with Crippen molar-refractivity contribution in [2.75, 3.05) is 13.1 Å². The lowest BCUT2D eigenvalue weighted by Crippen LogP contribution is -2.32. The first-order chi connectivity index (χ1) is 9.78. The molecule has 0 spiro atoms. The van der Waals surface area contributed by atoms with Crippen molar-refractivity contribution in [3.05, 3.63) is 71.5 Å². The summed E-state index contributed by atoms with van der Waals surface area (Å²) in [7, 11) is 0. The number of nitrogens with one attached hydrogen (secondary N) is 1. The molecule has 3 heteroatoms. The molecule has 1 saturated heterocycles. The van der Waals surface area contributed by atoms with Gasteiger partial charge in [0.05, 0.1) is 6.61 Å². The van der Waals surface area contributed by atoms with Crippen molar-refractivity contribution in [3.63, 3.8) is 0 Å². The third kappa shape index (κ3) is 2.74. The predicted octanol–water partition coefficient (Wildman–Crippen LogP) is 3.23. The second-order valence-electron chi connectivity index (χ2n) is 5.20. The summed E-state index contributed by atoms with van der Waals surface area (Å²) in [5.41, 5.74) is 1.85. The molecule has 20 heavy (non-hydrogen) atoms. The molecule has 104 valence electrons. The van der Waals surface area contributed by atoms with Gasteiger partial charge in [-0.25, -0.2) is 4.39 Å². The predicted molar refractivity (Wildman–Crippen MR) is 76.8 cm³/mol. The highest BCUT2D eigenvalue weighted by Crippen LogP contribution is 2.33. The lowest BCUT2D eigenvalue weighted by molar-refractivity contribution is -0.0470. The van der Waals surface area contributed by atoms with Crippen molar-refractivity contribution in [1.29, 1.82) is 0 Å². The van der Waals surface area contributed by atoms with E-state index in [0.717, 1.165) is 30.6 Å². The summed E-state index contributed by atoms with van der Waals surface area (Å²) in [4.78, 5) is 0. The fourth-order valence-electron chi connectivity index (χ4n) is 2.67. The molecule has 2 aromatic carbocycles. The summed E-state index contributed by atoms with van der Waals surface area (Å²) < 4.78 is 19.3. The number of hydrogen-bond donors (Lipinski definition) is 1. The molecule has 2 nitrogen and oxygen atoms in total. The molecule has 0 saturated carbocycles. The van der Waals surface area contributed by atoms with E-state index in [4.69, 9.17) is 4.74 Å². The maximum Gasteiger partial charge on any atom is 0.123 e. The first kappa shape index (κ1) is 13.3. The molecule has 1 aliphatic rings. The van der Waals surface area contributed by atoms with Gasteiger partial charge in [0.1, 0.15) is 11.4 Å². The van der Waals surface area contributed by atoms with Crippen LogP contribution in [0, 0.1) is 5.82 Å². The Morgan fingerprint density at radius 2 is 1.80 bits per heavy atom. The van der Waals surface area contributed by atoms with E-state index in [1.807, 2.05) is 30.3 Å². The number of benzene rings is 2. The third-order valence-electron chi connectivity index (χ3n) is 3.84. The summed E-state index contributed by atoms with van der Waals surface area (Å²) in [5.74, 6) is -0.210.